The van der Waals surface area contributed by atoms with Gasteiger partial charge in [0.25, 0.3) is 0 Å². The van der Waals surface area contributed by atoms with Crippen molar-refractivity contribution in [1.29, 1.82) is 0 Å². The number of rotatable bonds is 2. The van der Waals surface area contributed by atoms with Crippen molar-refractivity contribution in [3.8, 4) is 0 Å². The van der Waals surface area contributed by atoms with Gasteiger partial charge in [0.15, 0.2) is 0 Å². The highest BCUT2D eigenvalue weighted by atomic mass is 14.7. The largest absolute Gasteiger partial charge is 0.281 e. The highest BCUT2D eigenvalue weighted by molar-refractivity contribution is 5.79. The molecule has 1 aromatic carbocycles. The smallest absolute Gasteiger partial charge is 0.0867 e. The van der Waals surface area contributed by atoms with Crippen LogP contribution in [0.15, 0.2) is 59.6 Å². The molecule has 0 saturated carbocycles. The van der Waals surface area contributed by atoms with Gasteiger partial charge >= 0.3 is 0 Å². The van der Waals surface area contributed by atoms with Gasteiger partial charge in [-0.25, -0.2) is 0 Å². The lowest BCUT2D eigenvalue weighted by atomic mass is 10.2. The molecule has 13 heavy (non-hydrogen) atoms. The lowest BCUT2D eigenvalue weighted by Gasteiger charge is -1.95. The van der Waals surface area contributed by atoms with Gasteiger partial charge in [0, 0.05) is 6.21 Å². The third-order valence-corrected chi connectivity index (χ3v) is 1.92. The van der Waals surface area contributed by atoms with E-state index in [2.05, 4.69) is 17.1 Å². The number of hydrogen-bond donors (Lipinski definition) is 0. The van der Waals surface area contributed by atoms with Crippen LogP contribution in [0, 0.1) is 0 Å². The van der Waals surface area contributed by atoms with Gasteiger partial charge in [-0.3, -0.25) is 4.99 Å². The fourth-order valence-corrected chi connectivity index (χ4v) is 1.23. The van der Waals surface area contributed by atoms with Crippen molar-refractivity contribution < 1.29 is 0 Å². The van der Waals surface area contributed by atoms with Crippen LogP contribution in [0.4, 0.5) is 0 Å². The van der Waals surface area contributed by atoms with Crippen molar-refractivity contribution in [2.24, 2.45) is 4.99 Å². The maximum absolute atomic E-state index is 4.39. The molecular formula is C12H11N. The quantitative estimate of drug-likeness (QED) is 0.603. The summed E-state index contributed by atoms with van der Waals surface area (Å²) in [6, 6.07) is 10.4. The molecule has 0 aliphatic heterocycles. The lowest BCUT2D eigenvalue weighted by molar-refractivity contribution is 1.05. The molecule has 0 atom stereocenters. The Balaban J connectivity index is 2.05. The second kappa shape index (κ2) is 3.85. The summed E-state index contributed by atoms with van der Waals surface area (Å²) in [5.41, 5.74) is 1.15. The molecule has 64 valence electrons. The summed E-state index contributed by atoms with van der Waals surface area (Å²) >= 11 is 0. The van der Waals surface area contributed by atoms with E-state index >= 15 is 0 Å². The molecule has 0 saturated heterocycles. The fraction of sp³-hybridized carbons (Fsp3) is 0.0833. The van der Waals surface area contributed by atoms with Gasteiger partial charge in [-0.05, 0) is 5.56 Å². The average Bonchev–Trinajstić information content (AvgIpc) is 2.69. The number of aliphatic imine (C=N–C) groups is 1. The Morgan fingerprint density at radius 1 is 1.00 bits per heavy atom. The van der Waals surface area contributed by atoms with Crippen LogP contribution in [0.5, 0.6) is 0 Å². The van der Waals surface area contributed by atoms with Crippen molar-refractivity contribution in [2.75, 3.05) is 0 Å². The van der Waals surface area contributed by atoms with E-state index in [1.807, 2.05) is 48.7 Å². The van der Waals surface area contributed by atoms with E-state index in [1.165, 1.54) is 0 Å². The van der Waals surface area contributed by atoms with Crippen LogP contribution in [0.3, 0.4) is 0 Å². The minimum atomic E-state index is 0.236. The van der Waals surface area contributed by atoms with Crippen LogP contribution >= 0.6 is 0 Å². The van der Waals surface area contributed by atoms with E-state index in [-0.39, 0.29) is 6.04 Å². The summed E-state index contributed by atoms with van der Waals surface area (Å²) in [6.45, 7) is 0. The zero-order valence-electron chi connectivity index (χ0n) is 7.30. The number of benzene rings is 1. The molecule has 0 fully saturated rings. The number of nitrogens with zero attached hydrogens (tertiary/aromatic N) is 1. The Morgan fingerprint density at radius 2 is 1.69 bits per heavy atom. The second-order valence-electron chi connectivity index (χ2n) is 2.95. The predicted molar refractivity (Wildman–Crippen MR) is 56.1 cm³/mol. The first kappa shape index (κ1) is 7.99. The van der Waals surface area contributed by atoms with E-state index in [4.69, 9.17) is 0 Å². The van der Waals surface area contributed by atoms with E-state index in [0.717, 1.165) is 5.56 Å². The Kier molecular flexibility index (Phi) is 2.37. The Labute approximate surface area is 78.1 Å². The summed E-state index contributed by atoms with van der Waals surface area (Å²) in [5, 5.41) is 0. The molecule has 0 bridgehead atoms. The molecular weight excluding hydrogens is 158 g/mol. The van der Waals surface area contributed by atoms with Crippen LogP contribution in [0.2, 0.25) is 0 Å². The summed E-state index contributed by atoms with van der Waals surface area (Å²) in [7, 11) is 0. The van der Waals surface area contributed by atoms with Gasteiger partial charge in [0.05, 0.1) is 6.04 Å². The third-order valence-electron chi connectivity index (χ3n) is 1.92. The standard InChI is InChI=1S/C12H11N/c1-2-6-11(7-3-1)10-13-12-8-4-5-9-12/h1-10,12H. The molecule has 0 N–H and O–H groups in total. The molecule has 1 aliphatic carbocycles. The van der Waals surface area contributed by atoms with Gasteiger partial charge < -0.3 is 0 Å². The molecule has 0 aromatic heterocycles. The number of hydrogen-bond acceptors (Lipinski definition) is 1. The van der Waals surface area contributed by atoms with Crippen molar-refractivity contribution in [2.45, 2.75) is 6.04 Å². The average molecular weight is 169 g/mol. The molecule has 0 amide bonds. The lowest BCUT2D eigenvalue weighted by Crippen LogP contribution is -1.92. The van der Waals surface area contributed by atoms with E-state index in [1.54, 1.807) is 0 Å². The van der Waals surface area contributed by atoms with Gasteiger partial charge in [-0.2, -0.15) is 0 Å². The number of allylic oxidation sites excluding steroid dienone is 2. The fourth-order valence-electron chi connectivity index (χ4n) is 1.23. The molecule has 1 aromatic rings. The zero-order chi connectivity index (χ0) is 8.93. The summed E-state index contributed by atoms with van der Waals surface area (Å²) in [5.74, 6) is 0. The van der Waals surface area contributed by atoms with Gasteiger partial charge in [-0.15, -0.1) is 0 Å². The second-order valence-corrected chi connectivity index (χ2v) is 2.95. The van der Waals surface area contributed by atoms with Crippen molar-refractivity contribution in [3.63, 3.8) is 0 Å². The highest BCUT2D eigenvalue weighted by Crippen LogP contribution is 2.04. The van der Waals surface area contributed by atoms with Crippen LogP contribution in [0.25, 0.3) is 0 Å². The van der Waals surface area contributed by atoms with E-state index < -0.39 is 0 Å². The molecule has 1 heteroatoms. The molecule has 0 unspecified atom stereocenters. The Morgan fingerprint density at radius 3 is 2.38 bits per heavy atom. The summed E-state index contributed by atoms with van der Waals surface area (Å²) < 4.78 is 0. The molecule has 1 nitrogen and oxygen atoms in total. The van der Waals surface area contributed by atoms with Crippen molar-refractivity contribution >= 4 is 6.21 Å². The Bertz CT molecular complexity index is 335. The topological polar surface area (TPSA) is 12.4 Å². The zero-order valence-corrected chi connectivity index (χ0v) is 7.30. The minimum Gasteiger partial charge on any atom is -0.281 e. The summed E-state index contributed by atoms with van der Waals surface area (Å²) in [4.78, 5) is 4.39. The van der Waals surface area contributed by atoms with Crippen LogP contribution < -0.4 is 0 Å². The van der Waals surface area contributed by atoms with Crippen molar-refractivity contribution in [1.82, 2.24) is 0 Å². The normalized spacial score (nSPS) is 16.0. The SMILES string of the molecule is C1=CC(N=Cc2ccccc2)C=C1. The summed E-state index contributed by atoms with van der Waals surface area (Å²) in [6.07, 6.45) is 10.1. The monoisotopic (exact) mass is 169 g/mol. The van der Waals surface area contributed by atoms with Gasteiger partial charge in [0.1, 0.15) is 0 Å². The van der Waals surface area contributed by atoms with E-state index in [0.29, 0.717) is 0 Å². The Hall–Kier alpha value is -1.63. The highest BCUT2D eigenvalue weighted by Gasteiger charge is 1.97. The third kappa shape index (κ3) is 2.15. The predicted octanol–water partition coefficient (Wildman–Crippen LogP) is 2.60. The van der Waals surface area contributed by atoms with Gasteiger partial charge in [-0.1, -0.05) is 54.6 Å². The molecule has 0 radical (unpaired) electrons. The minimum absolute atomic E-state index is 0.236. The first-order valence-corrected chi connectivity index (χ1v) is 4.38. The van der Waals surface area contributed by atoms with Crippen LogP contribution in [-0.2, 0) is 0 Å². The maximum atomic E-state index is 4.39. The van der Waals surface area contributed by atoms with E-state index in [9.17, 15) is 0 Å². The van der Waals surface area contributed by atoms with Crippen LogP contribution in [-0.4, -0.2) is 12.3 Å². The maximum Gasteiger partial charge on any atom is 0.0867 e. The molecule has 2 rings (SSSR count). The van der Waals surface area contributed by atoms with Crippen molar-refractivity contribution in [3.05, 3.63) is 60.2 Å². The van der Waals surface area contributed by atoms with Gasteiger partial charge in [0.2, 0.25) is 0 Å². The van der Waals surface area contributed by atoms with Crippen LogP contribution in [0.1, 0.15) is 5.56 Å². The first-order chi connectivity index (χ1) is 6.45. The molecule has 0 heterocycles. The molecule has 0 spiro atoms. The first-order valence-electron chi connectivity index (χ1n) is 4.38. The molecule has 1 aliphatic rings.